The Morgan fingerprint density at radius 3 is 2.43 bits per heavy atom. The van der Waals surface area contributed by atoms with Crippen molar-refractivity contribution in [3.05, 3.63) is 130 Å². The first-order valence-corrected chi connectivity index (χ1v) is 16.1. The monoisotopic (exact) mass is 643 g/mol. The van der Waals surface area contributed by atoms with Gasteiger partial charge >= 0.3 is 0 Å². The molecule has 3 heterocycles. The second-order valence-corrected chi connectivity index (χ2v) is 12.7. The smallest absolute Gasteiger partial charge is 0.286 e. The molecule has 3 amide bonds. The molecule has 1 aliphatic heterocycles. The number of aromatic nitrogens is 2. The van der Waals surface area contributed by atoms with E-state index < -0.39 is 23.9 Å². The average Bonchev–Trinajstić information content (AvgIpc) is 3.76. The summed E-state index contributed by atoms with van der Waals surface area (Å²) in [5.41, 5.74) is 12.5. The van der Waals surface area contributed by atoms with Gasteiger partial charge in [-0.25, -0.2) is 0 Å². The molecule has 0 saturated heterocycles. The molecule has 47 heavy (non-hydrogen) atoms. The minimum Gasteiger partial charge on any atom is -0.354 e. The summed E-state index contributed by atoms with van der Waals surface area (Å²) in [7, 11) is 0. The Morgan fingerprint density at radius 2 is 1.64 bits per heavy atom. The fourth-order valence-corrected chi connectivity index (χ4v) is 6.86. The number of fused-ring (bicyclic) bond motifs is 3. The van der Waals surface area contributed by atoms with Gasteiger partial charge in [-0.3, -0.25) is 25.2 Å². The number of nitrogens with one attached hydrogen (secondary N) is 4. The van der Waals surface area contributed by atoms with Gasteiger partial charge in [-0.2, -0.15) is 0 Å². The molecule has 7 rings (SSSR count). The van der Waals surface area contributed by atoms with Gasteiger partial charge < -0.3 is 14.9 Å². The molecule has 3 unspecified atom stereocenters. The van der Waals surface area contributed by atoms with E-state index in [1.165, 1.54) is 0 Å². The van der Waals surface area contributed by atoms with Crippen molar-refractivity contribution in [2.24, 2.45) is 5.92 Å². The lowest BCUT2D eigenvalue weighted by atomic mass is 9.90. The third kappa shape index (κ3) is 5.34. The molecule has 1 aliphatic rings. The van der Waals surface area contributed by atoms with Crippen LogP contribution in [0, 0.1) is 12.8 Å². The Morgan fingerprint density at radius 1 is 0.894 bits per heavy atom. The van der Waals surface area contributed by atoms with Crippen molar-refractivity contribution in [2.45, 2.75) is 39.3 Å². The maximum atomic E-state index is 14.4. The zero-order valence-corrected chi connectivity index (χ0v) is 27.0. The fraction of sp³-hybridized carbons (Fsp3) is 0.184. The molecule has 3 atom stereocenters. The van der Waals surface area contributed by atoms with E-state index in [-0.39, 0.29) is 17.5 Å². The largest absolute Gasteiger partial charge is 0.354 e. The molecule has 236 valence electrons. The molecule has 8 nitrogen and oxygen atoms in total. The summed E-state index contributed by atoms with van der Waals surface area (Å²) in [5.74, 6) is -1.46. The molecule has 0 fully saturated rings. The van der Waals surface area contributed by atoms with E-state index in [1.54, 1.807) is 29.2 Å². The minimum absolute atomic E-state index is 0.231. The number of rotatable bonds is 7. The molecule has 0 spiro atoms. The second kappa shape index (κ2) is 12.1. The van der Waals surface area contributed by atoms with Crippen LogP contribution in [0.5, 0.6) is 0 Å². The molecule has 4 N–H and O–H groups in total. The highest BCUT2D eigenvalue weighted by atomic mass is 35.5. The van der Waals surface area contributed by atoms with E-state index in [4.69, 9.17) is 11.6 Å². The number of carbonyl (C=O) groups excluding carboxylic acids is 3. The van der Waals surface area contributed by atoms with Gasteiger partial charge in [0.15, 0.2) is 0 Å². The SMILES string of the molecule is CCC(C)C(C(=O)NNC(=O)c1cc2cc(Cl)ccc2[nH]1)N1C(=O)c2ccccc2C1c1c(-c2ccc(C)cc2)[nH]c2ccccc12. The maximum Gasteiger partial charge on any atom is 0.286 e. The van der Waals surface area contributed by atoms with Crippen LogP contribution in [0.25, 0.3) is 33.1 Å². The molecule has 9 heteroatoms. The number of amides is 3. The summed E-state index contributed by atoms with van der Waals surface area (Å²) < 4.78 is 0. The van der Waals surface area contributed by atoms with Crippen molar-refractivity contribution in [1.82, 2.24) is 25.7 Å². The highest BCUT2D eigenvalue weighted by molar-refractivity contribution is 6.31. The Hall–Kier alpha value is -5.34. The molecule has 4 aromatic carbocycles. The van der Waals surface area contributed by atoms with Crippen molar-refractivity contribution in [3.63, 3.8) is 0 Å². The van der Waals surface area contributed by atoms with Gasteiger partial charge in [-0.05, 0) is 60.4 Å². The second-order valence-electron chi connectivity index (χ2n) is 12.2. The van der Waals surface area contributed by atoms with Gasteiger partial charge in [0, 0.05) is 38.0 Å². The van der Waals surface area contributed by atoms with Crippen LogP contribution in [-0.4, -0.2) is 38.6 Å². The lowest BCUT2D eigenvalue weighted by Crippen LogP contribution is -2.55. The lowest BCUT2D eigenvalue weighted by molar-refractivity contribution is -0.128. The molecule has 2 aromatic heterocycles. The Bertz CT molecular complexity index is 2170. The number of H-pyrrole nitrogens is 2. The van der Waals surface area contributed by atoms with Crippen LogP contribution in [0.2, 0.25) is 5.02 Å². The van der Waals surface area contributed by atoms with Crippen molar-refractivity contribution in [3.8, 4) is 11.3 Å². The van der Waals surface area contributed by atoms with Crippen molar-refractivity contribution >= 4 is 51.1 Å². The van der Waals surface area contributed by atoms with Crippen molar-refractivity contribution in [2.75, 3.05) is 0 Å². The molecule has 0 saturated carbocycles. The summed E-state index contributed by atoms with van der Waals surface area (Å²) in [6.45, 7) is 5.99. The first-order chi connectivity index (χ1) is 22.7. The van der Waals surface area contributed by atoms with Crippen LogP contribution in [0.4, 0.5) is 0 Å². The first kappa shape index (κ1) is 30.3. The summed E-state index contributed by atoms with van der Waals surface area (Å²) in [4.78, 5) is 50.2. The molecular weight excluding hydrogens is 610 g/mol. The highest BCUT2D eigenvalue weighted by Gasteiger charge is 2.47. The number of aryl methyl sites for hydroxylation is 1. The molecule has 0 bridgehead atoms. The predicted octanol–water partition coefficient (Wildman–Crippen LogP) is 7.70. The topological polar surface area (TPSA) is 110 Å². The van der Waals surface area contributed by atoms with Gasteiger partial charge in [-0.15, -0.1) is 0 Å². The molecule has 0 radical (unpaired) electrons. The van der Waals surface area contributed by atoms with E-state index in [0.29, 0.717) is 17.0 Å². The van der Waals surface area contributed by atoms with Gasteiger partial charge in [0.1, 0.15) is 11.7 Å². The van der Waals surface area contributed by atoms with E-state index >= 15 is 0 Å². The number of benzene rings is 4. The van der Waals surface area contributed by atoms with Crippen LogP contribution in [0.3, 0.4) is 0 Å². The van der Waals surface area contributed by atoms with Crippen LogP contribution in [-0.2, 0) is 4.79 Å². The van der Waals surface area contributed by atoms with Gasteiger partial charge in [0.25, 0.3) is 17.7 Å². The Kier molecular flexibility index (Phi) is 7.82. The van der Waals surface area contributed by atoms with Gasteiger partial charge in [-0.1, -0.05) is 98.1 Å². The quantitative estimate of drug-likeness (QED) is 0.134. The first-order valence-electron chi connectivity index (χ1n) is 15.7. The number of nitrogens with zero attached hydrogens (tertiary/aromatic N) is 1. The van der Waals surface area contributed by atoms with Crippen molar-refractivity contribution < 1.29 is 14.4 Å². The standard InChI is InChI=1S/C38H34ClN5O3/c1-4-22(3)34(37(46)43-42-36(45)31-20-24-19-25(39)17-18-29(24)40-31)44-35(26-9-5-6-10-27(26)38(44)47)32-28-11-7-8-12-30(28)41-33(32)23-15-13-21(2)14-16-23/h5-20,22,34-35,40-41H,4H2,1-3H3,(H,42,45)(H,43,46). The summed E-state index contributed by atoms with van der Waals surface area (Å²) in [6.07, 6.45) is 0.625. The van der Waals surface area contributed by atoms with E-state index in [9.17, 15) is 14.4 Å². The van der Waals surface area contributed by atoms with Gasteiger partial charge in [0.05, 0.1) is 11.7 Å². The average molecular weight is 644 g/mol. The summed E-state index contributed by atoms with van der Waals surface area (Å²) in [5, 5.41) is 2.30. The van der Waals surface area contributed by atoms with Crippen LogP contribution < -0.4 is 10.9 Å². The summed E-state index contributed by atoms with van der Waals surface area (Å²) in [6, 6.07) is 29.4. The minimum atomic E-state index is -0.897. The predicted molar refractivity (Wildman–Crippen MR) is 185 cm³/mol. The third-order valence-electron chi connectivity index (χ3n) is 9.24. The van der Waals surface area contributed by atoms with E-state index in [0.717, 1.165) is 49.8 Å². The normalized spacial score (nSPS) is 15.5. The van der Waals surface area contributed by atoms with Crippen LogP contribution in [0.1, 0.15) is 63.8 Å². The molecule has 0 aliphatic carbocycles. The fourth-order valence-electron chi connectivity index (χ4n) is 6.68. The van der Waals surface area contributed by atoms with Crippen molar-refractivity contribution in [1.29, 1.82) is 0 Å². The number of hydrazine groups is 1. The number of carbonyl (C=O) groups is 3. The molecule has 6 aromatic rings. The number of aromatic amines is 2. The molecular formula is C38H34ClN5O3. The Balaban J connectivity index is 1.30. The summed E-state index contributed by atoms with van der Waals surface area (Å²) >= 11 is 6.12. The number of para-hydroxylation sites is 1. The van der Waals surface area contributed by atoms with E-state index in [2.05, 4.69) is 51.2 Å². The third-order valence-corrected chi connectivity index (χ3v) is 9.47. The van der Waals surface area contributed by atoms with Crippen LogP contribution in [0.15, 0.2) is 97.1 Å². The number of halogens is 1. The maximum absolute atomic E-state index is 14.4. The highest BCUT2D eigenvalue weighted by Crippen LogP contribution is 2.47. The number of hydrogen-bond donors (Lipinski definition) is 4. The number of hydrogen-bond acceptors (Lipinski definition) is 3. The van der Waals surface area contributed by atoms with Gasteiger partial charge in [0.2, 0.25) is 0 Å². The zero-order chi connectivity index (χ0) is 32.8. The van der Waals surface area contributed by atoms with E-state index in [1.807, 2.05) is 63.2 Å². The van der Waals surface area contributed by atoms with Crippen LogP contribution >= 0.6 is 11.6 Å². The Labute approximate surface area is 277 Å². The zero-order valence-electron chi connectivity index (χ0n) is 26.2. The lowest BCUT2D eigenvalue weighted by Gasteiger charge is -2.36.